The Morgan fingerprint density at radius 1 is 0.909 bits per heavy atom. The highest BCUT2D eigenvalue weighted by Gasteiger charge is 2.05. The van der Waals surface area contributed by atoms with Gasteiger partial charge in [-0.15, -0.1) is 10.2 Å². The number of aliphatic imine (C=N–C) groups is 1. The first-order valence-corrected chi connectivity index (χ1v) is 7.84. The quantitative estimate of drug-likeness (QED) is 0.580. The Bertz CT molecular complexity index is 751. The average Bonchev–Trinajstić information content (AvgIpc) is 2.96. The Kier molecular flexibility index (Phi) is 4.56. The maximum Gasteiger partial charge on any atom is 0.233 e. The number of nitrogens with zero attached hydrogens (tertiary/aromatic N) is 3. The number of nitrogens with two attached hydrogens (primary N) is 1. The molecule has 1 aromatic heterocycles. The summed E-state index contributed by atoms with van der Waals surface area (Å²) < 4.78 is 0. The van der Waals surface area contributed by atoms with Gasteiger partial charge in [-0.05, 0) is 11.1 Å². The van der Waals surface area contributed by atoms with E-state index in [4.69, 9.17) is 5.73 Å². The van der Waals surface area contributed by atoms with Crippen molar-refractivity contribution in [2.75, 3.05) is 0 Å². The summed E-state index contributed by atoms with van der Waals surface area (Å²) in [6.07, 6.45) is 1.39. The van der Waals surface area contributed by atoms with E-state index in [1.807, 2.05) is 48.5 Å². The molecule has 3 aromatic rings. The van der Waals surface area contributed by atoms with Crippen molar-refractivity contribution in [1.29, 1.82) is 0 Å². The fraction of sp³-hybridized carbons (Fsp3) is 0.118. The van der Waals surface area contributed by atoms with Crippen LogP contribution in [0, 0.1) is 0 Å². The van der Waals surface area contributed by atoms with Crippen LogP contribution in [0.3, 0.4) is 0 Å². The molecule has 0 amide bonds. The molecular weight excluding hydrogens is 292 g/mol. The Morgan fingerprint density at radius 3 is 2.23 bits per heavy atom. The second-order valence-electron chi connectivity index (χ2n) is 4.91. The molecule has 2 N–H and O–H groups in total. The lowest BCUT2D eigenvalue weighted by Gasteiger charge is -1.99. The fourth-order valence-electron chi connectivity index (χ4n) is 2.10. The molecule has 5 heteroatoms. The molecule has 0 aliphatic carbocycles. The van der Waals surface area contributed by atoms with Gasteiger partial charge in [0, 0.05) is 12.8 Å². The number of rotatable bonds is 5. The lowest BCUT2D eigenvalue weighted by molar-refractivity contribution is 0.999. The van der Waals surface area contributed by atoms with E-state index < -0.39 is 0 Å². The van der Waals surface area contributed by atoms with Gasteiger partial charge >= 0.3 is 0 Å². The third-order valence-corrected chi connectivity index (χ3v) is 3.94. The molecular formula is C17H16N4S. The van der Waals surface area contributed by atoms with Crippen LogP contribution < -0.4 is 5.73 Å². The van der Waals surface area contributed by atoms with Crippen LogP contribution in [-0.2, 0) is 12.8 Å². The minimum absolute atomic E-state index is 0.550. The highest BCUT2D eigenvalue weighted by molar-refractivity contribution is 7.15. The largest absolute Gasteiger partial charge is 0.387 e. The minimum atomic E-state index is 0.550. The van der Waals surface area contributed by atoms with Crippen molar-refractivity contribution >= 4 is 22.3 Å². The summed E-state index contributed by atoms with van der Waals surface area (Å²) in [6, 6.07) is 20.2. The molecule has 0 aliphatic heterocycles. The second-order valence-corrected chi connectivity index (χ2v) is 5.95. The van der Waals surface area contributed by atoms with Crippen molar-refractivity contribution in [2.24, 2.45) is 10.7 Å². The van der Waals surface area contributed by atoms with Gasteiger partial charge < -0.3 is 5.73 Å². The van der Waals surface area contributed by atoms with Gasteiger partial charge in [0.2, 0.25) is 5.13 Å². The Labute approximate surface area is 133 Å². The first kappa shape index (κ1) is 14.4. The van der Waals surface area contributed by atoms with Crippen molar-refractivity contribution in [1.82, 2.24) is 10.2 Å². The van der Waals surface area contributed by atoms with Crippen LogP contribution in [0.25, 0.3) is 0 Å². The molecule has 0 bridgehead atoms. The number of hydrogen-bond acceptors (Lipinski definition) is 4. The van der Waals surface area contributed by atoms with Crippen molar-refractivity contribution < 1.29 is 0 Å². The molecule has 0 saturated heterocycles. The minimum Gasteiger partial charge on any atom is -0.387 e. The van der Waals surface area contributed by atoms with E-state index in [0.717, 1.165) is 17.0 Å². The topological polar surface area (TPSA) is 64.2 Å². The SMILES string of the molecule is N/C(Cc1ccccc1)=N/c1nnc(Cc2ccccc2)s1. The number of aromatic nitrogens is 2. The van der Waals surface area contributed by atoms with E-state index >= 15 is 0 Å². The molecule has 0 fully saturated rings. The molecule has 3 rings (SSSR count). The van der Waals surface area contributed by atoms with Gasteiger partial charge in [0.15, 0.2) is 0 Å². The van der Waals surface area contributed by atoms with Crippen molar-refractivity contribution in [3.63, 3.8) is 0 Å². The molecule has 0 unspecified atom stereocenters. The lowest BCUT2D eigenvalue weighted by atomic mass is 10.1. The van der Waals surface area contributed by atoms with Crippen molar-refractivity contribution in [2.45, 2.75) is 12.8 Å². The van der Waals surface area contributed by atoms with E-state index in [2.05, 4.69) is 27.3 Å². The van der Waals surface area contributed by atoms with Gasteiger partial charge in [-0.2, -0.15) is 0 Å². The van der Waals surface area contributed by atoms with Gasteiger partial charge in [-0.3, -0.25) is 0 Å². The predicted octanol–water partition coefficient (Wildman–Crippen LogP) is 3.36. The monoisotopic (exact) mass is 308 g/mol. The molecule has 1 heterocycles. The summed E-state index contributed by atoms with van der Waals surface area (Å²) in [5, 5.41) is 9.83. The Balaban J connectivity index is 1.67. The van der Waals surface area contributed by atoms with Crippen LogP contribution in [0.2, 0.25) is 0 Å². The highest BCUT2D eigenvalue weighted by Crippen LogP contribution is 2.21. The summed E-state index contributed by atoms with van der Waals surface area (Å²) >= 11 is 1.48. The molecule has 110 valence electrons. The van der Waals surface area contributed by atoms with Crippen LogP contribution >= 0.6 is 11.3 Å². The molecule has 2 aromatic carbocycles. The third kappa shape index (κ3) is 3.99. The molecule has 0 atom stereocenters. The van der Waals surface area contributed by atoms with Gasteiger partial charge in [0.05, 0.1) is 0 Å². The summed E-state index contributed by atoms with van der Waals surface area (Å²) in [6.45, 7) is 0. The van der Waals surface area contributed by atoms with Crippen LogP contribution in [0.15, 0.2) is 65.7 Å². The van der Waals surface area contributed by atoms with Gasteiger partial charge in [0.25, 0.3) is 0 Å². The number of benzene rings is 2. The summed E-state index contributed by atoms with van der Waals surface area (Å²) in [5.74, 6) is 0.550. The molecule has 0 spiro atoms. The van der Waals surface area contributed by atoms with E-state index in [-0.39, 0.29) is 0 Å². The van der Waals surface area contributed by atoms with Crippen LogP contribution in [0.1, 0.15) is 16.1 Å². The maximum atomic E-state index is 5.99. The Hall–Kier alpha value is -2.53. The Morgan fingerprint density at radius 2 is 1.55 bits per heavy atom. The summed E-state index contributed by atoms with van der Waals surface area (Å²) in [5.41, 5.74) is 8.34. The third-order valence-electron chi connectivity index (χ3n) is 3.12. The van der Waals surface area contributed by atoms with Crippen LogP contribution in [0.5, 0.6) is 0 Å². The normalized spacial score (nSPS) is 11.5. The molecule has 22 heavy (non-hydrogen) atoms. The van der Waals surface area contributed by atoms with Crippen molar-refractivity contribution in [3.05, 3.63) is 76.8 Å². The van der Waals surface area contributed by atoms with E-state index in [1.165, 1.54) is 16.9 Å². The zero-order valence-electron chi connectivity index (χ0n) is 12.0. The second kappa shape index (κ2) is 6.95. The first-order chi connectivity index (χ1) is 10.8. The van der Waals surface area contributed by atoms with Gasteiger partial charge in [-0.25, -0.2) is 4.99 Å². The highest BCUT2D eigenvalue weighted by atomic mass is 32.1. The average molecular weight is 308 g/mol. The smallest absolute Gasteiger partial charge is 0.233 e. The predicted molar refractivity (Wildman–Crippen MR) is 90.6 cm³/mol. The van der Waals surface area contributed by atoms with E-state index in [1.54, 1.807) is 0 Å². The zero-order valence-corrected chi connectivity index (χ0v) is 12.8. The van der Waals surface area contributed by atoms with E-state index in [9.17, 15) is 0 Å². The summed E-state index contributed by atoms with van der Waals surface area (Å²) in [7, 11) is 0. The molecule has 0 radical (unpaired) electrons. The van der Waals surface area contributed by atoms with Crippen molar-refractivity contribution in [3.8, 4) is 0 Å². The van der Waals surface area contributed by atoms with Crippen LogP contribution in [-0.4, -0.2) is 16.0 Å². The van der Waals surface area contributed by atoms with Gasteiger partial charge in [-0.1, -0.05) is 72.0 Å². The summed E-state index contributed by atoms with van der Waals surface area (Å²) in [4.78, 5) is 4.36. The first-order valence-electron chi connectivity index (χ1n) is 7.03. The standard InChI is InChI=1S/C17H16N4S/c18-15(11-13-7-3-1-4-8-13)19-17-21-20-16(22-17)12-14-9-5-2-6-10-14/h1-10H,11-12H2,(H2,18,19,21). The number of amidine groups is 1. The van der Waals surface area contributed by atoms with Crippen LogP contribution in [0.4, 0.5) is 5.13 Å². The molecule has 0 saturated carbocycles. The van der Waals surface area contributed by atoms with Gasteiger partial charge in [0.1, 0.15) is 10.8 Å². The van der Waals surface area contributed by atoms with E-state index in [0.29, 0.717) is 17.4 Å². The number of hydrogen-bond donors (Lipinski definition) is 1. The molecule has 4 nitrogen and oxygen atoms in total. The lowest BCUT2D eigenvalue weighted by Crippen LogP contribution is -2.14. The fourth-order valence-corrected chi connectivity index (χ4v) is 2.88. The maximum absolute atomic E-state index is 5.99. The zero-order chi connectivity index (χ0) is 15.2. The molecule has 0 aliphatic rings.